The van der Waals surface area contributed by atoms with E-state index in [4.69, 9.17) is 37.4 Å². The molecule has 0 radical (unpaired) electrons. The zero-order chi connectivity index (χ0) is 28.5. The van der Waals surface area contributed by atoms with E-state index in [-0.39, 0.29) is 22.3 Å². The van der Waals surface area contributed by atoms with Crippen LogP contribution >= 0.6 is 23.2 Å². The highest BCUT2D eigenvalue weighted by atomic mass is 35.5. The van der Waals surface area contributed by atoms with Gasteiger partial charge in [0.2, 0.25) is 0 Å². The van der Waals surface area contributed by atoms with Gasteiger partial charge in [0, 0.05) is 16.7 Å². The molecule has 1 atom stereocenters. The van der Waals surface area contributed by atoms with Gasteiger partial charge in [0.05, 0.1) is 22.4 Å². The number of hydrogen-bond acceptors (Lipinski definition) is 7. The molecule has 1 amide bonds. The number of amides is 1. The predicted molar refractivity (Wildman–Crippen MR) is 152 cm³/mol. The number of esters is 2. The molecule has 4 aromatic rings. The first-order valence-electron chi connectivity index (χ1n) is 11.9. The first-order chi connectivity index (χ1) is 19.3. The third-order valence-corrected chi connectivity index (χ3v) is 5.89. The van der Waals surface area contributed by atoms with Crippen molar-refractivity contribution in [2.24, 2.45) is 5.10 Å². The maximum absolute atomic E-state index is 12.7. The fourth-order valence-electron chi connectivity index (χ4n) is 3.32. The lowest BCUT2D eigenvalue weighted by molar-refractivity contribution is -0.127. The van der Waals surface area contributed by atoms with Gasteiger partial charge >= 0.3 is 11.9 Å². The summed E-state index contributed by atoms with van der Waals surface area (Å²) in [7, 11) is 0. The van der Waals surface area contributed by atoms with Crippen molar-refractivity contribution in [2.75, 3.05) is 0 Å². The zero-order valence-corrected chi connectivity index (χ0v) is 22.6. The summed E-state index contributed by atoms with van der Waals surface area (Å²) in [5, 5.41) is 4.65. The lowest BCUT2D eigenvalue weighted by atomic mass is 10.2. The molecule has 0 spiro atoms. The van der Waals surface area contributed by atoms with Crippen LogP contribution in [0.5, 0.6) is 17.2 Å². The minimum atomic E-state index is -0.939. The number of carbonyl (C=O) groups is 3. The Kier molecular flexibility index (Phi) is 9.51. The Morgan fingerprint density at radius 3 is 2.02 bits per heavy atom. The van der Waals surface area contributed by atoms with Gasteiger partial charge in [0.15, 0.2) is 6.10 Å². The summed E-state index contributed by atoms with van der Waals surface area (Å²) in [5.74, 6) is -1.28. The van der Waals surface area contributed by atoms with Crippen LogP contribution in [0.15, 0.2) is 102 Å². The molecule has 0 heterocycles. The Morgan fingerprint density at radius 2 is 1.40 bits per heavy atom. The van der Waals surface area contributed by atoms with E-state index >= 15 is 0 Å². The molecule has 0 aliphatic rings. The van der Waals surface area contributed by atoms with Crippen molar-refractivity contribution in [1.82, 2.24) is 5.43 Å². The number of benzene rings is 4. The predicted octanol–water partition coefficient (Wildman–Crippen LogP) is 6.35. The Morgan fingerprint density at radius 1 is 0.775 bits per heavy atom. The van der Waals surface area contributed by atoms with Crippen LogP contribution in [-0.2, 0) is 4.79 Å². The Bertz CT molecular complexity index is 1540. The van der Waals surface area contributed by atoms with Crippen LogP contribution in [0, 0.1) is 0 Å². The van der Waals surface area contributed by atoms with Crippen molar-refractivity contribution in [1.29, 1.82) is 0 Å². The molecule has 0 saturated heterocycles. The minimum absolute atomic E-state index is 0.0578. The zero-order valence-electron chi connectivity index (χ0n) is 21.0. The van der Waals surface area contributed by atoms with Gasteiger partial charge in [0.25, 0.3) is 5.91 Å². The number of ether oxygens (including phenoxy) is 3. The van der Waals surface area contributed by atoms with Crippen molar-refractivity contribution < 1.29 is 28.6 Å². The van der Waals surface area contributed by atoms with Gasteiger partial charge in [-0.3, -0.25) is 4.79 Å². The highest BCUT2D eigenvalue weighted by Crippen LogP contribution is 2.28. The van der Waals surface area contributed by atoms with E-state index in [1.165, 1.54) is 37.4 Å². The van der Waals surface area contributed by atoms with Crippen LogP contribution < -0.4 is 19.6 Å². The maximum atomic E-state index is 12.7. The topological polar surface area (TPSA) is 103 Å². The molecule has 8 nitrogen and oxygen atoms in total. The Labute approximate surface area is 240 Å². The number of carbonyl (C=O) groups excluding carboxylic acids is 3. The van der Waals surface area contributed by atoms with Crippen molar-refractivity contribution in [2.45, 2.75) is 13.0 Å². The minimum Gasteiger partial charge on any atom is -0.479 e. The molecule has 202 valence electrons. The average Bonchev–Trinajstić information content (AvgIpc) is 2.96. The largest absolute Gasteiger partial charge is 0.479 e. The van der Waals surface area contributed by atoms with E-state index in [9.17, 15) is 14.4 Å². The third kappa shape index (κ3) is 7.69. The summed E-state index contributed by atoms with van der Waals surface area (Å²) in [6.07, 6.45) is 0.349. The molecule has 40 heavy (non-hydrogen) atoms. The average molecular weight is 577 g/mol. The number of nitrogens with one attached hydrogen (secondary N) is 1. The van der Waals surface area contributed by atoms with E-state index in [2.05, 4.69) is 10.5 Å². The highest BCUT2D eigenvalue weighted by Gasteiger charge is 2.17. The fourth-order valence-corrected chi connectivity index (χ4v) is 3.77. The summed E-state index contributed by atoms with van der Waals surface area (Å²) < 4.78 is 16.6. The molecular weight excluding hydrogens is 555 g/mol. The van der Waals surface area contributed by atoms with Gasteiger partial charge in [-0.05, 0) is 61.5 Å². The highest BCUT2D eigenvalue weighted by molar-refractivity contribution is 6.35. The molecule has 0 bridgehead atoms. The second kappa shape index (κ2) is 13.4. The summed E-state index contributed by atoms with van der Waals surface area (Å²) >= 11 is 12.0. The van der Waals surface area contributed by atoms with Gasteiger partial charge in [-0.2, -0.15) is 5.10 Å². The molecule has 10 heteroatoms. The Balaban J connectivity index is 1.49. The molecule has 0 saturated carbocycles. The van der Waals surface area contributed by atoms with Crippen molar-refractivity contribution in [3.8, 4) is 17.2 Å². The number of hydrogen-bond donors (Lipinski definition) is 1. The summed E-state index contributed by atoms with van der Waals surface area (Å²) in [4.78, 5) is 37.7. The van der Waals surface area contributed by atoms with E-state index in [1.54, 1.807) is 72.8 Å². The lowest BCUT2D eigenvalue weighted by Crippen LogP contribution is -2.33. The number of nitrogens with zero attached hydrogens (tertiary/aromatic N) is 1. The molecule has 0 fully saturated rings. The number of rotatable bonds is 9. The standard InChI is InChI=1S/C30H22Cl2N2O6/c1-19(38-26-15-13-23(31)16-25(26)32)28(35)34-33-18-22-12-14-24(39-29(36)20-8-4-2-5-9-20)17-27(22)40-30(37)21-10-6-3-7-11-21/h2-19H,1H3,(H,34,35)/b33-18-/t19-/m1/s1. The molecule has 1 N–H and O–H groups in total. The van der Waals surface area contributed by atoms with Gasteiger partial charge in [-0.1, -0.05) is 59.6 Å². The summed E-state index contributed by atoms with van der Waals surface area (Å²) in [6.45, 7) is 1.53. The molecule has 0 unspecified atom stereocenters. The molecule has 0 aromatic heterocycles. The maximum Gasteiger partial charge on any atom is 0.343 e. The summed E-state index contributed by atoms with van der Waals surface area (Å²) in [5.41, 5.74) is 3.38. The van der Waals surface area contributed by atoms with Gasteiger partial charge in [-0.25, -0.2) is 15.0 Å². The van der Waals surface area contributed by atoms with Crippen LogP contribution in [0.1, 0.15) is 33.2 Å². The van der Waals surface area contributed by atoms with Crippen LogP contribution in [0.2, 0.25) is 10.0 Å². The van der Waals surface area contributed by atoms with Crippen molar-refractivity contribution in [3.63, 3.8) is 0 Å². The first kappa shape index (κ1) is 28.4. The molecule has 4 aromatic carbocycles. The van der Waals surface area contributed by atoms with Crippen LogP contribution in [0.4, 0.5) is 0 Å². The lowest BCUT2D eigenvalue weighted by Gasteiger charge is -2.14. The normalized spacial score (nSPS) is 11.5. The van der Waals surface area contributed by atoms with Crippen LogP contribution in [-0.4, -0.2) is 30.2 Å². The van der Waals surface area contributed by atoms with Gasteiger partial charge < -0.3 is 14.2 Å². The monoisotopic (exact) mass is 576 g/mol. The second-order valence-corrected chi connectivity index (χ2v) is 9.12. The smallest absolute Gasteiger partial charge is 0.343 e. The quantitative estimate of drug-likeness (QED) is 0.108. The summed E-state index contributed by atoms with van der Waals surface area (Å²) in [6, 6.07) is 25.9. The fraction of sp³-hybridized carbons (Fsp3) is 0.0667. The van der Waals surface area contributed by atoms with E-state index in [0.717, 1.165) is 0 Å². The third-order valence-electron chi connectivity index (χ3n) is 5.36. The SMILES string of the molecule is C[C@@H](Oc1ccc(Cl)cc1Cl)C(=O)N/N=C\c1ccc(OC(=O)c2ccccc2)cc1OC(=O)c1ccccc1. The van der Waals surface area contributed by atoms with E-state index < -0.39 is 23.9 Å². The van der Waals surface area contributed by atoms with Crippen molar-refractivity contribution in [3.05, 3.63) is 124 Å². The van der Waals surface area contributed by atoms with E-state index in [1.807, 2.05) is 0 Å². The van der Waals surface area contributed by atoms with Gasteiger partial charge in [-0.15, -0.1) is 0 Å². The number of hydrazone groups is 1. The molecular formula is C30H22Cl2N2O6. The van der Waals surface area contributed by atoms with Crippen LogP contribution in [0.25, 0.3) is 0 Å². The van der Waals surface area contributed by atoms with Crippen LogP contribution in [0.3, 0.4) is 0 Å². The Hall–Kier alpha value is -4.66. The van der Waals surface area contributed by atoms with Crippen molar-refractivity contribution >= 4 is 47.3 Å². The first-order valence-corrected chi connectivity index (χ1v) is 12.7. The molecule has 0 aliphatic carbocycles. The molecule has 4 rings (SSSR count). The second-order valence-electron chi connectivity index (χ2n) is 8.28. The van der Waals surface area contributed by atoms with E-state index in [0.29, 0.717) is 21.7 Å². The number of halogens is 2. The van der Waals surface area contributed by atoms with Gasteiger partial charge in [0.1, 0.15) is 17.2 Å². The molecule has 0 aliphatic heterocycles.